The van der Waals surface area contributed by atoms with E-state index >= 15 is 0 Å². The average molecular weight is 300 g/mol. The highest BCUT2D eigenvalue weighted by Crippen LogP contribution is 2.28. The number of nitrogens with zero attached hydrogens (tertiary/aromatic N) is 1. The van der Waals surface area contributed by atoms with Gasteiger partial charge in [0.15, 0.2) is 0 Å². The fourth-order valence-electron chi connectivity index (χ4n) is 2.37. The van der Waals surface area contributed by atoms with E-state index in [0.717, 1.165) is 5.69 Å². The summed E-state index contributed by atoms with van der Waals surface area (Å²) in [5.74, 6) is 0. The van der Waals surface area contributed by atoms with Crippen LogP contribution in [0.25, 0.3) is 0 Å². The molecule has 0 saturated carbocycles. The summed E-state index contributed by atoms with van der Waals surface area (Å²) in [5, 5.41) is 12.1. The van der Waals surface area contributed by atoms with Gasteiger partial charge in [0.1, 0.15) is 0 Å². The number of rotatable bonds is 6. The minimum Gasteiger partial charge on any atom is -0.395 e. The first-order chi connectivity index (χ1) is 9.25. The summed E-state index contributed by atoms with van der Waals surface area (Å²) in [6.07, 6.45) is 0. The number of sulfonamides is 1. The summed E-state index contributed by atoms with van der Waals surface area (Å²) >= 11 is 0. The lowest BCUT2D eigenvalue weighted by Crippen LogP contribution is -2.39. The van der Waals surface area contributed by atoms with E-state index in [4.69, 9.17) is 5.11 Å². The third kappa shape index (κ3) is 3.31. The van der Waals surface area contributed by atoms with Gasteiger partial charge in [-0.2, -0.15) is 4.31 Å². The molecule has 0 fully saturated rings. The van der Waals surface area contributed by atoms with Gasteiger partial charge in [-0.05, 0) is 51.0 Å². The summed E-state index contributed by atoms with van der Waals surface area (Å²) in [6.45, 7) is 7.10. The quantitative estimate of drug-likeness (QED) is 0.839. The van der Waals surface area contributed by atoms with Crippen LogP contribution in [-0.4, -0.2) is 44.1 Å². The minimum absolute atomic E-state index is 0.104. The van der Waals surface area contributed by atoms with Gasteiger partial charge < -0.3 is 10.4 Å². The van der Waals surface area contributed by atoms with Gasteiger partial charge in [0.05, 0.1) is 11.5 Å². The number of aliphatic hydroxyl groups is 1. The zero-order valence-corrected chi connectivity index (χ0v) is 13.6. The van der Waals surface area contributed by atoms with Crippen LogP contribution in [0.4, 0.5) is 5.69 Å². The van der Waals surface area contributed by atoms with Crippen molar-refractivity contribution in [1.82, 2.24) is 4.31 Å². The first-order valence-electron chi connectivity index (χ1n) is 6.67. The lowest BCUT2D eigenvalue weighted by Gasteiger charge is -2.27. The highest BCUT2D eigenvalue weighted by atomic mass is 32.2. The standard InChI is InChI=1S/C14H24N2O3S/c1-10(2)16(6-7-17)20(18,19)14-11(3)8-13(15-5)9-12(14)4/h8-10,15,17H,6-7H2,1-5H3. The van der Waals surface area contributed by atoms with Gasteiger partial charge in [-0.3, -0.25) is 0 Å². The van der Waals surface area contributed by atoms with Crippen molar-refractivity contribution < 1.29 is 13.5 Å². The predicted molar refractivity (Wildman–Crippen MR) is 81.6 cm³/mol. The number of benzene rings is 1. The smallest absolute Gasteiger partial charge is 0.243 e. The SMILES string of the molecule is CNc1cc(C)c(S(=O)(=O)N(CCO)C(C)C)c(C)c1. The zero-order valence-electron chi connectivity index (χ0n) is 12.8. The largest absolute Gasteiger partial charge is 0.395 e. The van der Waals surface area contributed by atoms with Crippen molar-refractivity contribution in [3.05, 3.63) is 23.3 Å². The Balaban J connectivity index is 3.41. The van der Waals surface area contributed by atoms with Crippen LogP contribution in [0.1, 0.15) is 25.0 Å². The Bertz CT molecular complexity index is 545. The minimum atomic E-state index is -3.60. The number of nitrogens with one attached hydrogen (secondary N) is 1. The summed E-state index contributed by atoms with van der Waals surface area (Å²) in [6, 6.07) is 3.43. The second kappa shape index (κ2) is 6.56. The molecule has 6 heteroatoms. The molecule has 0 atom stereocenters. The van der Waals surface area contributed by atoms with E-state index in [1.807, 2.05) is 12.1 Å². The number of hydrogen-bond donors (Lipinski definition) is 2. The highest BCUT2D eigenvalue weighted by Gasteiger charge is 2.29. The molecule has 0 amide bonds. The van der Waals surface area contributed by atoms with E-state index < -0.39 is 10.0 Å². The van der Waals surface area contributed by atoms with Crippen molar-refractivity contribution in [2.75, 3.05) is 25.5 Å². The Morgan fingerprint density at radius 1 is 1.25 bits per heavy atom. The van der Waals surface area contributed by atoms with Gasteiger partial charge in [-0.15, -0.1) is 0 Å². The second-order valence-electron chi connectivity index (χ2n) is 5.12. The molecule has 1 aromatic rings. The van der Waals surface area contributed by atoms with E-state index in [1.54, 1.807) is 34.7 Å². The van der Waals surface area contributed by atoms with Crippen molar-refractivity contribution in [3.8, 4) is 0 Å². The van der Waals surface area contributed by atoms with Crippen molar-refractivity contribution in [3.63, 3.8) is 0 Å². The predicted octanol–water partition coefficient (Wildman–Crippen LogP) is 1.74. The number of aliphatic hydroxyl groups excluding tert-OH is 1. The van der Waals surface area contributed by atoms with E-state index in [-0.39, 0.29) is 19.2 Å². The highest BCUT2D eigenvalue weighted by molar-refractivity contribution is 7.89. The van der Waals surface area contributed by atoms with E-state index in [2.05, 4.69) is 5.32 Å². The molecule has 0 spiro atoms. The molecule has 0 unspecified atom stereocenters. The first kappa shape index (κ1) is 16.9. The molecule has 1 aromatic carbocycles. The van der Waals surface area contributed by atoms with E-state index in [0.29, 0.717) is 16.0 Å². The molecule has 5 nitrogen and oxygen atoms in total. The van der Waals surface area contributed by atoms with Gasteiger partial charge in [0.25, 0.3) is 0 Å². The van der Waals surface area contributed by atoms with E-state index in [1.165, 1.54) is 4.31 Å². The van der Waals surface area contributed by atoms with Gasteiger partial charge in [0, 0.05) is 25.3 Å². The molecule has 2 N–H and O–H groups in total. The van der Waals surface area contributed by atoms with Crippen LogP contribution < -0.4 is 5.32 Å². The summed E-state index contributed by atoms with van der Waals surface area (Å²) < 4.78 is 26.9. The van der Waals surface area contributed by atoms with Crippen molar-refractivity contribution >= 4 is 15.7 Å². The lowest BCUT2D eigenvalue weighted by atomic mass is 10.1. The fraction of sp³-hybridized carbons (Fsp3) is 0.571. The molecule has 0 radical (unpaired) electrons. The van der Waals surface area contributed by atoms with Gasteiger partial charge >= 0.3 is 0 Å². The lowest BCUT2D eigenvalue weighted by molar-refractivity contribution is 0.236. The number of aryl methyl sites for hydroxylation is 2. The van der Waals surface area contributed by atoms with Crippen LogP contribution in [0.15, 0.2) is 17.0 Å². The monoisotopic (exact) mass is 300 g/mol. The third-order valence-electron chi connectivity index (χ3n) is 3.21. The molecule has 0 aliphatic rings. The van der Waals surface area contributed by atoms with Crippen molar-refractivity contribution in [2.24, 2.45) is 0 Å². The van der Waals surface area contributed by atoms with Crippen LogP contribution in [0.2, 0.25) is 0 Å². The zero-order chi connectivity index (χ0) is 15.5. The molecule has 0 heterocycles. The van der Waals surface area contributed by atoms with Crippen LogP contribution >= 0.6 is 0 Å². The van der Waals surface area contributed by atoms with Crippen LogP contribution in [0.5, 0.6) is 0 Å². The topological polar surface area (TPSA) is 69.6 Å². The molecule has 0 bridgehead atoms. The first-order valence-corrected chi connectivity index (χ1v) is 8.11. The Kier molecular flexibility index (Phi) is 5.56. The fourth-order valence-corrected chi connectivity index (χ4v) is 4.42. The Hall–Kier alpha value is -1.11. The van der Waals surface area contributed by atoms with Crippen molar-refractivity contribution in [2.45, 2.75) is 38.6 Å². The Labute approximate surface area is 121 Å². The number of hydrogen-bond acceptors (Lipinski definition) is 4. The van der Waals surface area contributed by atoms with Gasteiger partial charge in [0.2, 0.25) is 10.0 Å². The molecule has 1 rings (SSSR count). The van der Waals surface area contributed by atoms with Crippen LogP contribution in [-0.2, 0) is 10.0 Å². The van der Waals surface area contributed by atoms with Gasteiger partial charge in [-0.25, -0.2) is 8.42 Å². The van der Waals surface area contributed by atoms with Crippen LogP contribution in [0, 0.1) is 13.8 Å². The molecule has 20 heavy (non-hydrogen) atoms. The third-order valence-corrected chi connectivity index (χ3v) is 5.59. The van der Waals surface area contributed by atoms with E-state index in [9.17, 15) is 8.42 Å². The van der Waals surface area contributed by atoms with Gasteiger partial charge in [-0.1, -0.05) is 0 Å². The second-order valence-corrected chi connectivity index (χ2v) is 6.95. The maximum Gasteiger partial charge on any atom is 0.243 e. The van der Waals surface area contributed by atoms with Crippen LogP contribution in [0.3, 0.4) is 0 Å². The molecule has 0 aliphatic heterocycles. The molecular weight excluding hydrogens is 276 g/mol. The average Bonchev–Trinajstić information content (AvgIpc) is 2.33. The molecule has 0 aromatic heterocycles. The van der Waals surface area contributed by atoms with Crippen molar-refractivity contribution in [1.29, 1.82) is 0 Å². The molecule has 0 aliphatic carbocycles. The summed E-state index contributed by atoms with van der Waals surface area (Å²) in [5.41, 5.74) is 2.30. The normalized spacial score (nSPS) is 12.2. The maximum absolute atomic E-state index is 12.8. The summed E-state index contributed by atoms with van der Waals surface area (Å²) in [7, 11) is -1.80. The maximum atomic E-state index is 12.8. The molecule has 0 saturated heterocycles. The molecule has 114 valence electrons. The summed E-state index contributed by atoms with van der Waals surface area (Å²) in [4.78, 5) is 0.332. The molecular formula is C14H24N2O3S. The Morgan fingerprint density at radius 3 is 2.10 bits per heavy atom. The Morgan fingerprint density at radius 2 is 1.75 bits per heavy atom. The number of anilines is 1.